The monoisotopic (exact) mass is 314 g/mol. The predicted molar refractivity (Wildman–Crippen MR) is 70.6 cm³/mol. The summed E-state index contributed by atoms with van der Waals surface area (Å²) in [6, 6.07) is 5.60. The van der Waals surface area contributed by atoms with Crippen LogP contribution < -0.4 is 0 Å². The highest BCUT2D eigenvalue weighted by Gasteiger charge is 2.22. The lowest BCUT2D eigenvalue weighted by molar-refractivity contribution is 0.526. The number of hydrogen-bond acceptors (Lipinski definition) is 3. The molecule has 0 saturated carbocycles. The molecule has 0 aliphatic carbocycles. The molecule has 0 spiro atoms. The number of benzene rings is 1. The molecule has 0 radical (unpaired) electrons. The van der Waals surface area contributed by atoms with E-state index in [-0.39, 0.29) is 5.41 Å². The molecule has 1 aromatic heterocycles. The summed E-state index contributed by atoms with van der Waals surface area (Å²) in [7, 11) is 0. The lowest BCUT2D eigenvalue weighted by Crippen LogP contribution is -2.18. The van der Waals surface area contributed by atoms with Gasteiger partial charge in [0.2, 0.25) is 0 Å². The summed E-state index contributed by atoms with van der Waals surface area (Å²) in [5.74, 6) is 0.812. The molecule has 0 aliphatic heterocycles. The van der Waals surface area contributed by atoms with Crippen LogP contribution in [0.4, 0.5) is 0 Å². The van der Waals surface area contributed by atoms with Crippen molar-refractivity contribution in [3.63, 3.8) is 0 Å². The zero-order chi connectivity index (χ0) is 12.6. The Morgan fingerprint density at radius 2 is 2.00 bits per heavy atom. The number of hydrogen-bond donors (Lipinski definition) is 0. The van der Waals surface area contributed by atoms with E-state index >= 15 is 0 Å². The molecule has 2 aromatic rings. The van der Waals surface area contributed by atoms with Gasteiger partial charge in [0.05, 0.1) is 10.7 Å². The number of rotatable bonds is 1. The van der Waals surface area contributed by atoms with Gasteiger partial charge in [0, 0.05) is 9.89 Å². The van der Waals surface area contributed by atoms with Crippen LogP contribution in [0.25, 0.3) is 5.69 Å². The first-order chi connectivity index (χ1) is 7.89. The first-order valence-corrected chi connectivity index (χ1v) is 6.31. The minimum absolute atomic E-state index is 0.115. The number of nitrogens with zero attached hydrogens (tertiary/aromatic N) is 4. The average molecular weight is 316 g/mol. The molecule has 0 aliphatic rings. The number of halogens is 2. The van der Waals surface area contributed by atoms with Crippen LogP contribution in [0.5, 0.6) is 0 Å². The summed E-state index contributed by atoms with van der Waals surface area (Å²) in [5, 5.41) is 12.5. The third-order valence-corrected chi connectivity index (χ3v) is 3.50. The molecule has 2 rings (SSSR count). The van der Waals surface area contributed by atoms with Crippen LogP contribution in [0, 0.1) is 0 Å². The van der Waals surface area contributed by atoms with Gasteiger partial charge in [-0.15, -0.1) is 5.10 Å². The van der Waals surface area contributed by atoms with Gasteiger partial charge in [-0.3, -0.25) is 0 Å². The molecule has 0 N–H and O–H groups in total. The van der Waals surface area contributed by atoms with Crippen molar-refractivity contribution < 1.29 is 0 Å². The summed E-state index contributed by atoms with van der Waals surface area (Å²) >= 11 is 9.36. The van der Waals surface area contributed by atoms with Crippen molar-refractivity contribution in [2.75, 3.05) is 0 Å². The van der Waals surface area contributed by atoms with Crippen LogP contribution in [0.15, 0.2) is 22.7 Å². The van der Waals surface area contributed by atoms with Crippen molar-refractivity contribution in [1.29, 1.82) is 0 Å². The number of tetrazole rings is 1. The van der Waals surface area contributed by atoms with E-state index in [9.17, 15) is 0 Å². The molecule has 6 heteroatoms. The largest absolute Gasteiger partial charge is 0.197 e. The second-order valence-corrected chi connectivity index (χ2v) is 6.02. The summed E-state index contributed by atoms with van der Waals surface area (Å²) in [5.41, 5.74) is 0.770. The Morgan fingerprint density at radius 1 is 1.29 bits per heavy atom. The second-order valence-electron chi connectivity index (χ2n) is 4.76. The molecule has 0 fully saturated rings. The highest BCUT2D eigenvalue weighted by Crippen LogP contribution is 2.27. The SMILES string of the molecule is CC(C)(C)c1nnnn1-c1ccc(Cl)c(Br)c1. The van der Waals surface area contributed by atoms with E-state index in [1.54, 1.807) is 4.68 Å². The summed E-state index contributed by atoms with van der Waals surface area (Å²) in [4.78, 5) is 0. The van der Waals surface area contributed by atoms with E-state index in [0.29, 0.717) is 5.02 Å². The Hall–Kier alpha value is -0.940. The van der Waals surface area contributed by atoms with Crippen LogP contribution in [0.2, 0.25) is 5.02 Å². The summed E-state index contributed by atoms with van der Waals surface area (Å²) in [6.07, 6.45) is 0. The van der Waals surface area contributed by atoms with Gasteiger partial charge in [0.25, 0.3) is 0 Å². The molecule has 0 bridgehead atoms. The molecule has 0 saturated heterocycles. The molecule has 0 atom stereocenters. The fourth-order valence-corrected chi connectivity index (χ4v) is 1.93. The highest BCUT2D eigenvalue weighted by atomic mass is 79.9. The minimum atomic E-state index is -0.115. The maximum atomic E-state index is 5.96. The fourth-order valence-electron chi connectivity index (χ4n) is 1.45. The zero-order valence-electron chi connectivity index (χ0n) is 9.78. The van der Waals surface area contributed by atoms with Crippen molar-refractivity contribution in [3.05, 3.63) is 33.5 Å². The van der Waals surface area contributed by atoms with Gasteiger partial charge in [-0.1, -0.05) is 32.4 Å². The molecular weight excluding hydrogens is 304 g/mol. The van der Waals surface area contributed by atoms with Gasteiger partial charge in [-0.05, 0) is 44.6 Å². The van der Waals surface area contributed by atoms with Crippen LogP contribution in [0.1, 0.15) is 26.6 Å². The van der Waals surface area contributed by atoms with Gasteiger partial charge in [-0.2, -0.15) is 4.68 Å². The molecule has 0 unspecified atom stereocenters. The van der Waals surface area contributed by atoms with Gasteiger partial charge in [0.15, 0.2) is 5.82 Å². The second kappa shape index (κ2) is 4.38. The van der Waals surface area contributed by atoms with Crippen molar-refractivity contribution >= 4 is 27.5 Å². The first kappa shape index (κ1) is 12.5. The Bertz CT molecular complexity index is 545. The highest BCUT2D eigenvalue weighted by molar-refractivity contribution is 9.10. The Labute approximate surface area is 113 Å². The van der Waals surface area contributed by atoms with Crippen LogP contribution >= 0.6 is 27.5 Å². The summed E-state index contributed by atoms with van der Waals surface area (Å²) in [6.45, 7) is 6.21. The van der Waals surface area contributed by atoms with Crippen molar-refractivity contribution in [2.45, 2.75) is 26.2 Å². The molecule has 1 heterocycles. The minimum Gasteiger partial charge on any atom is -0.197 e. The van der Waals surface area contributed by atoms with Gasteiger partial charge < -0.3 is 0 Å². The van der Waals surface area contributed by atoms with Crippen LogP contribution in [-0.2, 0) is 5.41 Å². The van der Waals surface area contributed by atoms with E-state index in [1.165, 1.54) is 0 Å². The first-order valence-electron chi connectivity index (χ1n) is 5.14. The van der Waals surface area contributed by atoms with E-state index in [2.05, 4.69) is 52.2 Å². The molecule has 90 valence electrons. The quantitative estimate of drug-likeness (QED) is 0.810. The molecule has 17 heavy (non-hydrogen) atoms. The van der Waals surface area contributed by atoms with Gasteiger partial charge >= 0.3 is 0 Å². The smallest absolute Gasteiger partial charge is 0.162 e. The molecular formula is C11H12BrClN4. The Balaban J connectivity index is 2.54. The van der Waals surface area contributed by atoms with E-state index in [1.807, 2.05) is 18.2 Å². The van der Waals surface area contributed by atoms with Crippen molar-refractivity contribution in [2.24, 2.45) is 0 Å². The molecule has 0 amide bonds. The van der Waals surface area contributed by atoms with Crippen LogP contribution in [-0.4, -0.2) is 20.2 Å². The van der Waals surface area contributed by atoms with Gasteiger partial charge in [-0.25, -0.2) is 0 Å². The predicted octanol–water partition coefficient (Wildman–Crippen LogP) is 3.38. The van der Waals surface area contributed by atoms with E-state index in [4.69, 9.17) is 11.6 Å². The average Bonchev–Trinajstić information content (AvgIpc) is 2.70. The molecule has 4 nitrogen and oxygen atoms in total. The fraction of sp³-hybridized carbons (Fsp3) is 0.364. The zero-order valence-corrected chi connectivity index (χ0v) is 12.1. The maximum Gasteiger partial charge on any atom is 0.162 e. The van der Waals surface area contributed by atoms with Crippen LogP contribution in [0.3, 0.4) is 0 Å². The standard InChI is InChI=1S/C11H12BrClN4/c1-11(2,3)10-14-15-16-17(10)7-4-5-9(13)8(12)6-7/h4-6H,1-3H3. The van der Waals surface area contributed by atoms with E-state index < -0.39 is 0 Å². The normalized spacial score (nSPS) is 11.8. The lowest BCUT2D eigenvalue weighted by Gasteiger charge is -2.17. The molecule has 1 aromatic carbocycles. The lowest BCUT2D eigenvalue weighted by atomic mass is 9.96. The maximum absolute atomic E-state index is 5.96. The van der Waals surface area contributed by atoms with Gasteiger partial charge in [0.1, 0.15) is 0 Å². The summed E-state index contributed by atoms with van der Waals surface area (Å²) < 4.78 is 2.55. The van der Waals surface area contributed by atoms with Crippen molar-refractivity contribution in [3.8, 4) is 5.69 Å². The Kier molecular flexibility index (Phi) is 3.23. The van der Waals surface area contributed by atoms with Crippen molar-refractivity contribution in [1.82, 2.24) is 20.2 Å². The Morgan fingerprint density at radius 3 is 2.59 bits per heavy atom. The third kappa shape index (κ3) is 2.50. The van der Waals surface area contributed by atoms with E-state index in [0.717, 1.165) is 16.0 Å². The number of aromatic nitrogens is 4. The third-order valence-electron chi connectivity index (χ3n) is 2.29. The topological polar surface area (TPSA) is 43.6 Å².